The Morgan fingerprint density at radius 2 is 1.76 bits per heavy atom. The summed E-state index contributed by atoms with van der Waals surface area (Å²) in [4.78, 5) is 12.4. The molecule has 0 aliphatic carbocycles. The van der Waals surface area contributed by atoms with Crippen molar-refractivity contribution in [3.8, 4) is 0 Å². The Hall–Kier alpha value is -1.58. The Morgan fingerprint density at radius 3 is 2.38 bits per heavy atom. The Bertz CT molecular complexity index is 928. The zero-order valence-electron chi connectivity index (χ0n) is 16.0. The lowest BCUT2D eigenvalue weighted by molar-refractivity contribution is -0.113. The van der Waals surface area contributed by atoms with E-state index in [9.17, 15) is 13.2 Å². The van der Waals surface area contributed by atoms with E-state index >= 15 is 0 Å². The van der Waals surface area contributed by atoms with Gasteiger partial charge >= 0.3 is 0 Å². The van der Waals surface area contributed by atoms with Crippen LogP contribution in [0, 0.1) is 0 Å². The Morgan fingerprint density at radius 1 is 1.14 bits per heavy atom. The predicted molar refractivity (Wildman–Crippen MR) is 117 cm³/mol. The van der Waals surface area contributed by atoms with E-state index in [-0.39, 0.29) is 21.8 Å². The topological polar surface area (TPSA) is 75.7 Å². The van der Waals surface area contributed by atoms with Crippen LogP contribution >= 0.6 is 23.4 Å². The fourth-order valence-corrected chi connectivity index (χ4v) is 5.23. The molecule has 6 nitrogen and oxygen atoms in total. The van der Waals surface area contributed by atoms with Crippen molar-refractivity contribution in [3.63, 3.8) is 0 Å². The number of thioether (sulfide) groups is 1. The maximum absolute atomic E-state index is 12.6. The van der Waals surface area contributed by atoms with E-state index in [1.54, 1.807) is 12.1 Å². The Balaban J connectivity index is 1.53. The number of carbonyl (C=O) groups is 1. The number of hydrogen-bond acceptors (Lipinski definition) is 5. The van der Waals surface area contributed by atoms with Gasteiger partial charge in [-0.2, -0.15) is 4.31 Å². The number of amides is 1. The molecule has 2 aromatic carbocycles. The van der Waals surface area contributed by atoms with Gasteiger partial charge in [0.25, 0.3) is 0 Å². The molecule has 9 heteroatoms. The third kappa shape index (κ3) is 5.96. The number of hydrogen-bond donors (Lipinski definition) is 1. The summed E-state index contributed by atoms with van der Waals surface area (Å²) in [5, 5.41) is 3.64. The van der Waals surface area contributed by atoms with Gasteiger partial charge in [0.15, 0.2) is 0 Å². The number of rotatable bonds is 7. The molecule has 0 bridgehead atoms. The van der Waals surface area contributed by atoms with E-state index in [4.69, 9.17) is 16.3 Å². The molecule has 1 heterocycles. The van der Waals surface area contributed by atoms with E-state index in [0.717, 1.165) is 5.56 Å². The molecule has 1 N–H and O–H groups in total. The molecule has 1 aliphatic rings. The lowest BCUT2D eigenvalue weighted by atomic mass is 10.2. The van der Waals surface area contributed by atoms with Crippen molar-refractivity contribution in [2.75, 3.05) is 37.4 Å². The predicted octanol–water partition coefficient (Wildman–Crippen LogP) is 3.79. The van der Waals surface area contributed by atoms with Crippen molar-refractivity contribution in [1.29, 1.82) is 0 Å². The third-order valence-electron chi connectivity index (χ3n) is 4.55. The Labute approximate surface area is 180 Å². The van der Waals surface area contributed by atoms with Gasteiger partial charge in [-0.1, -0.05) is 23.7 Å². The molecule has 1 amide bonds. The smallest absolute Gasteiger partial charge is 0.243 e. The van der Waals surface area contributed by atoms with Gasteiger partial charge in [-0.3, -0.25) is 4.79 Å². The van der Waals surface area contributed by atoms with Crippen LogP contribution in [0.4, 0.5) is 5.69 Å². The minimum Gasteiger partial charge on any atom is -0.379 e. The van der Waals surface area contributed by atoms with Crippen LogP contribution in [0.3, 0.4) is 0 Å². The molecule has 0 spiro atoms. The second kappa shape index (κ2) is 9.95. The third-order valence-corrected chi connectivity index (χ3v) is 7.92. The van der Waals surface area contributed by atoms with E-state index in [1.165, 1.54) is 28.2 Å². The van der Waals surface area contributed by atoms with E-state index < -0.39 is 10.0 Å². The fraction of sp³-hybridized carbons (Fsp3) is 0.350. The second-order valence-electron chi connectivity index (χ2n) is 6.59. The lowest BCUT2D eigenvalue weighted by Crippen LogP contribution is -2.40. The van der Waals surface area contributed by atoms with Gasteiger partial charge in [0.05, 0.1) is 23.9 Å². The molecule has 1 aliphatic heterocycles. The standard InChI is InChI=1S/C20H23ClN2O4S2/c1-15(16-2-4-17(21)5-3-16)28-14-20(24)22-18-6-8-19(9-7-18)29(25,26)23-10-12-27-13-11-23/h2-9,15H,10-14H2,1H3,(H,22,24). The van der Waals surface area contributed by atoms with Gasteiger partial charge in [-0.25, -0.2) is 8.42 Å². The van der Waals surface area contributed by atoms with Gasteiger partial charge < -0.3 is 10.1 Å². The summed E-state index contributed by atoms with van der Waals surface area (Å²) in [6, 6.07) is 13.8. The Kier molecular flexibility index (Phi) is 7.59. The van der Waals surface area contributed by atoms with Crippen molar-refractivity contribution < 1.29 is 17.9 Å². The second-order valence-corrected chi connectivity index (χ2v) is 10.3. The molecule has 156 valence electrons. The van der Waals surface area contributed by atoms with Crippen LogP contribution in [0.1, 0.15) is 17.7 Å². The number of anilines is 1. The summed E-state index contributed by atoms with van der Waals surface area (Å²) in [5.74, 6) is 0.150. The lowest BCUT2D eigenvalue weighted by Gasteiger charge is -2.26. The van der Waals surface area contributed by atoms with Crippen molar-refractivity contribution in [1.82, 2.24) is 4.31 Å². The summed E-state index contributed by atoms with van der Waals surface area (Å²) in [7, 11) is -3.54. The van der Waals surface area contributed by atoms with Gasteiger partial charge in [0.1, 0.15) is 0 Å². The molecule has 1 fully saturated rings. The number of ether oxygens (including phenoxy) is 1. The average Bonchev–Trinajstić information content (AvgIpc) is 2.73. The van der Waals surface area contributed by atoms with Crippen LogP contribution < -0.4 is 5.32 Å². The summed E-state index contributed by atoms with van der Waals surface area (Å²) in [6.45, 7) is 3.54. The molecule has 0 saturated carbocycles. The number of morpholine rings is 1. The zero-order chi connectivity index (χ0) is 20.9. The highest BCUT2D eigenvalue weighted by Gasteiger charge is 2.26. The van der Waals surface area contributed by atoms with Gasteiger partial charge in [0.2, 0.25) is 15.9 Å². The van der Waals surface area contributed by atoms with Crippen molar-refractivity contribution in [2.45, 2.75) is 17.1 Å². The van der Waals surface area contributed by atoms with Crippen LogP contribution in [0.5, 0.6) is 0 Å². The average molecular weight is 455 g/mol. The largest absolute Gasteiger partial charge is 0.379 e. The maximum Gasteiger partial charge on any atom is 0.243 e. The summed E-state index contributed by atoms with van der Waals surface area (Å²) < 4.78 is 31.9. The first-order valence-electron chi connectivity index (χ1n) is 9.21. The molecule has 0 aromatic heterocycles. The SMILES string of the molecule is CC(SCC(=O)Nc1ccc(S(=O)(=O)N2CCOCC2)cc1)c1ccc(Cl)cc1. The minimum atomic E-state index is -3.54. The molecule has 29 heavy (non-hydrogen) atoms. The van der Waals surface area contributed by atoms with Gasteiger partial charge in [0, 0.05) is 29.0 Å². The molecular weight excluding hydrogens is 432 g/mol. The van der Waals surface area contributed by atoms with Crippen LogP contribution in [-0.2, 0) is 19.6 Å². The number of benzene rings is 2. The molecule has 1 saturated heterocycles. The highest BCUT2D eigenvalue weighted by molar-refractivity contribution is 8.00. The molecule has 2 aromatic rings. The van der Waals surface area contributed by atoms with Crippen molar-refractivity contribution in [2.24, 2.45) is 0 Å². The van der Waals surface area contributed by atoms with Crippen LogP contribution in [0.2, 0.25) is 5.02 Å². The first kappa shape index (κ1) is 22.1. The van der Waals surface area contributed by atoms with E-state index in [2.05, 4.69) is 5.32 Å². The van der Waals surface area contributed by atoms with E-state index in [1.807, 2.05) is 31.2 Å². The number of carbonyl (C=O) groups excluding carboxylic acids is 1. The number of nitrogens with one attached hydrogen (secondary N) is 1. The van der Waals surface area contributed by atoms with E-state index in [0.29, 0.717) is 37.0 Å². The molecule has 1 atom stereocenters. The molecular formula is C20H23ClN2O4S2. The molecule has 1 unspecified atom stereocenters. The maximum atomic E-state index is 12.6. The highest BCUT2D eigenvalue weighted by atomic mass is 35.5. The highest BCUT2D eigenvalue weighted by Crippen LogP contribution is 2.29. The number of halogens is 1. The van der Waals surface area contributed by atoms with Crippen molar-refractivity contribution >= 4 is 45.0 Å². The number of nitrogens with zero attached hydrogens (tertiary/aromatic N) is 1. The summed E-state index contributed by atoms with van der Waals surface area (Å²) in [6.07, 6.45) is 0. The van der Waals surface area contributed by atoms with Crippen LogP contribution in [-0.4, -0.2) is 50.7 Å². The molecule has 0 radical (unpaired) electrons. The quantitative estimate of drug-likeness (QED) is 0.688. The van der Waals surface area contributed by atoms with Crippen molar-refractivity contribution in [3.05, 3.63) is 59.1 Å². The zero-order valence-corrected chi connectivity index (χ0v) is 18.4. The summed E-state index contributed by atoms with van der Waals surface area (Å²) in [5.41, 5.74) is 1.67. The first-order valence-corrected chi connectivity index (χ1v) is 12.1. The normalized spacial score (nSPS) is 16.3. The van der Waals surface area contributed by atoms with Gasteiger partial charge in [-0.05, 0) is 48.9 Å². The molecule has 3 rings (SSSR count). The van der Waals surface area contributed by atoms with Crippen LogP contribution in [0.15, 0.2) is 53.4 Å². The first-order chi connectivity index (χ1) is 13.9. The number of sulfonamides is 1. The monoisotopic (exact) mass is 454 g/mol. The van der Waals surface area contributed by atoms with Crippen LogP contribution in [0.25, 0.3) is 0 Å². The fourth-order valence-electron chi connectivity index (χ4n) is 2.87. The minimum absolute atomic E-state index is 0.139. The summed E-state index contributed by atoms with van der Waals surface area (Å²) >= 11 is 7.42. The van der Waals surface area contributed by atoms with Gasteiger partial charge in [-0.15, -0.1) is 11.8 Å².